The molecule has 1 aromatic rings. The number of rotatable bonds is 2. The van der Waals surface area contributed by atoms with Crippen LogP contribution in [0.2, 0.25) is 0 Å². The van der Waals surface area contributed by atoms with Gasteiger partial charge in [-0.25, -0.2) is 9.59 Å². The molecule has 0 fully saturated rings. The first-order valence-electron chi connectivity index (χ1n) is 4.31. The van der Waals surface area contributed by atoms with Crippen LogP contribution >= 0.6 is 0 Å². The summed E-state index contributed by atoms with van der Waals surface area (Å²) < 4.78 is 0. The predicted octanol–water partition coefficient (Wildman–Crippen LogP) is 1.81. The number of benzene rings is 1. The van der Waals surface area contributed by atoms with Gasteiger partial charge in [0.2, 0.25) is 0 Å². The molecule has 82 valence electrons. The highest BCUT2D eigenvalue weighted by Gasteiger charge is 2.10. The molecule has 15 heavy (non-hydrogen) atoms. The summed E-state index contributed by atoms with van der Waals surface area (Å²) in [7, 11) is 0. The summed E-state index contributed by atoms with van der Waals surface area (Å²) in [5.41, 5.74) is -0.505. The summed E-state index contributed by atoms with van der Waals surface area (Å²) in [6.07, 6.45) is 0. The van der Waals surface area contributed by atoms with Crippen molar-refractivity contribution in [2.75, 3.05) is 0 Å². The first-order valence-corrected chi connectivity index (χ1v) is 4.31. The molecule has 0 spiro atoms. The fraction of sp³-hybridized carbons (Fsp3) is 0.200. The Balaban J connectivity index is 0.000000921. The molecule has 5 nitrogen and oxygen atoms in total. The van der Waals surface area contributed by atoms with E-state index in [1.54, 1.807) is 0 Å². The van der Waals surface area contributed by atoms with Gasteiger partial charge in [-0.1, -0.05) is 13.8 Å². The molecule has 0 aliphatic rings. The number of carboxylic acids is 2. The molecular formula is C10H12O5. The number of phenolic OH excluding ortho intramolecular Hbond substituents is 1. The third kappa shape index (κ3) is 3.68. The maximum absolute atomic E-state index is 10.4. The van der Waals surface area contributed by atoms with Crippen molar-refractivity contribution in [3.63, 3.8) is 0 Å². The van der Waals surface area contributed by atoms with E-state index in [0.717, 1.165) is 18.2 Å². The van der Waals surface area contributed by atoms with Crippen molar-refractivity contribution in [2.45, 2.75) is 13.8 Å². The Kier molecular flexibility index (Phi) is 4.87. The van der Waals surface area contributed by atoms with Gasteiger partial charge in [0.15, 0.2) is 0 Å². The van der Waals surface area contributed by atoms with Gasteiger partial charge in [0.25, 0.3) is 0 Å². The Hall–Kier alpha value is -2.04. The summed E-state index contributed by atoms with van der Waals surface area (Å²) in [5.74, 6) is -2.94. The lowest BCUT2D eigenvalue weighted by atomic mass is 10.1. The quantitative estimate of drug-likeness (QED) is 0.694. The van der Waals surface area contributed by atoms with Crippen LogP contribution in [0.1, 0.15) is 34.6 Å². The van der Waals surface area contributed by atoms with Gasteiger partial charge in [0.05, 0.1) is 11.1 Å². The smallest absolute Gasteiger partial charge is 0.335 e. The number of phenols is 1. The van der Waals surface area contributed by atoms with E-state index in [1.165, 1.54) is 0 Å². The zero-order valence-electron chi connectivity index (χ0n) is 8.39. The third-order valence-corrected chi connectivity index (χ3v) is 1.41. The normalized spacial score (nSPS) is 8.67. The van der Waals surface area contributed by atoms with Crippen LogP contribution in [0.15, 0.2) is 18.2 Å². The van der Waals surface area contributed by atoms with Crippen molar-refractivity contribution < 1.29 is 24.9 Å². The maximum atomic E-state index is 10.4. The van der Waals surface area contributed by atoms with E-state index >= 15 is 0 Å². The van der Waals surface area contributed by atoms with Crippen LogP contribution in [0.25, 0.3) is 0 Å². The average molecular weight is 212 g/mol. The fourth-order valence-electron chi connectivity index (χ4n) is 0.858. The van der Waals surface area contributed by atoms with E-state index < -0.39 is 11.9 Å². The number of aromatic hydroxyl groups is 1. The maximum Gasteiger partial charge on any atom is 0.335 e. The monoisotopic (exact) mass is 212 g/mol. The van der Waals surface area contributed by atoms with Crippen LogP contribution < -0.4 is 0 Å². The van der Waals surface area contributed by atoms with Crippen LogP contribution in [0.4, 0.5) is 0 Å². The second-order valence-corrected chi connectivity index (χ2v) is 2.38. The highest BCUT2D eigenvalue weighted by atomic mass is 16.4. The molecule has 0 aliphatic heterocycles. The molecule has 0 amide bonds. The van der Waals surface area contributed by atoms with Gasteiger partial charge in [-0.3, -0.25) is 0 Å². The van der Waals surface area contributed by atoms with E-state index in [4.69, 9.17) is 15.3 Å². The van der Waals surface area contributed by atoms with Crippen LogP contribution in [0, 0.1) is 0 Å². The zero-order valence-corrected chi connectivity index (χ0v) is 8.39. The lowest BCUT2D eigenvalue weighted by Crippen LogP contribution is -2.01. The van der Waals surface area contributed by atoms with Crippen molar-refractivity contribution in [2.24, 2.45) is 0 Å². The first kappa shape index (κ1) is 13.0. The van der Waals surface area contributed by atoms with E-state index in [-0.39, 0.29) is 16.9 Å². The molecule has 5 heteroatoms. The van der Waals surface area contributed by atoms with E-state index in [2.05, 4.69) is 0 Å². The van der Waals surface area contributed by atoms with Gasteiger partial charge in [-0.2, -0.15) is 0 Å². The van der Waals surface area contributed by atoms with Gasteiger partial charge >= 0.3 is 11.9 Å². The van der Waals surface area contributed by atoms with Crippen molar-refractivity contribution in [3.05, 3.63) is 29.3 Å². The van der Waals surface area contributed by atoms with Crippen molar-refractivity contribution in [1.29, 1.82) is 0 Å². The highest BCUT2D eigenvalue weighted by Crippen LogP contribution is 2.15. The Morgan fingerprint density at radius 3 is 1.53 bits per heavy atom. The largest absolute Gasteiger partial charge is 0.508 e. The molecule has 0 heterocycles. The van der Waals surface area contributed by atoms with Crippen LogP contribution in [0.3, 0.4) is 0 Å². The average Bonchev–Trinajstić information content (AvgIpc) is 2.19. The molecule has 1 rings (SSSR count). The highest BCUT2D eigenvalue weighted by molar-refractivity contribution is 5.94. The second-order valence-electron chi connectivity index (χ2n) is 2.38. The molecule has 0 saturated heterocycles. The molecule has 1 aromatic carbocycles. The minimum absolute atomic E-state index is 0.252. The Labute approximate surface area is 86.6 Å². The number of hydrogen-bond donors (Lipinski definition) is 3. The molecule has 0 atom stereocenters. The fourth-order valence-corrected chi connectivity index (χ4v) is 0.858. The minimum Gasteiger partial charge on any atom is -0.508 e. The minimum atomic E-state index is -1.28. The predicted molar refractivity (Wildman–Crippen MR) is 53.4 cm³/mol. The van der Waals surface area contributed by atoms with Crippen LogP contribution in [0.5, 0.6) is 5.75 Å². The van der Waals surface area contributed by atoms with Gasteiger partial charge in [-0.15, -0.1) is 0 Å². The van der Waals surface area contributed by atoms with E-state index in [1.807, 2.05) is 13.8 Å². The molecule has 0 aliphatic carbocycles. The summed E-state index contributed by atoms with van der Waals surface area (Å²) in [6, 6.07) is 2.94. The van der Waals surface area contributed by atoms with Gasteiger partial charge in [0, 0.05) is 0 Å². The van der Waals surface area contributed by atoms with Crippen molar-refractivity contribution >= 4 is 11.9 Å². The molecule has 0 saturated carbocycles. The summed E-state index contributed by atoms with van der Waals surface area (Å²) in [5, 5.41) is 26.0. The molecule has 0 aromatic heterocycles. The second kappa shape index (κ2) is 5.64. The summed E-state index contributed by atoms with van der Waals surface area (Å²) >= 11 is 0. The Morgan fingerprint density at radius 1 is 0.933 bits per heavy atom. The van der Waals surface area contributed by atoms with E-state index in [0.29, 0.717) is 0 Å². The standard InChI is InChI=1S/C8H6O5.C2H6/c9-6-2-4(7(10)11)1-5(3-6)8(12)13;1-2/h1-3,9H,(H,10,11)(H,12,13);1-2H3. The molecule has 0 bridgehead atoms. The number of aromatic carboxylic acids is 2. The third-order valence-electron chi connectivity index (χ3n) is 1.41. The van der Waals surface area contributed by atoms with Crippen molar-refractivity contribution in [3.8, 4) is 5.75 Å². The first-order chi connectivity index (χ1) is 7.00. The SMILES string of the molecule is CC.O=C(O)c1cc(O)cc(C(=O)O)c1. The molecule has 0 unspecified atom stereocenters. The van der Waals surface area contributed by atoms with Gasteiger partial charge in [-0.05, 0) is 18.2 Å². The van der Waals surface area contributed by atoms with Gasteiger partial charge < -0.3 is 15.3 Å². The number of carbonyl (C=O) groups is 2. The van der Waals surface area contributed by atoms with E-state index in [9.17, 15) is 9.59 Å². The van der Waals surface area contributed by atoms with Crippen LogP contribution in [-0.2, 0) is 0 Å². The molecular weight excluding hydrogens is 200 g/mol. The Morgan fingerprint density at radius 2 is 1.27 bits per heavy atom. The lowest BCUT2D eigenvalue weighted by Gasteiger charge is -1.98. The molecule has 0 radical (unpaired) electrons. The Bertz CT molecular complexity index is 338. The summed E-state index contributed by atoms with van der Waals surface area (Å²) in [6.45, 7) is 4.00. The van der Waals surface area contributed by atoms with Crippen molar-refractivity contribution in [1.82, 2.24) is 0 Å². The van der Waals surface area contributed by atoms with Crippen LogP contribution in [-0.4, -0.2) is 27.3 Å². The lowest BCUT2D eigenvalue weighted by molar-refractivity contribution is 0.0696. The number of carboxylic acid groups (broad SMARTS) is 2. The number of hydrogen-bond acceptors (Lipinski definition) is 3. The zero-order chi connectivity index (χ0) is 12.0. The molecule has 3 N–H and O–H groups in total. The topological polar surface area (TPSA) is 94.8 Å². The van der Waals surface area contributed by atoms with Gasteiger partial charge in [0.1, 0.15) is 5.75 Å². The summed E-state index contributed by atoms with van der Waals surface area (Å²) in [4.78, 5) is 20.8.